The summed E-state index contributed by atoms with van der Waals surface area (Å²) < 4.78 is 4.66. The van der Waals surface area contributed by atoms with Crippen molar-refractivity contribution in [2.75, 3.05) is 13.7 Å². The number of hydrogen-bond donors (Lipinski definition) is 1. The highest BCUT2D eigenvalue weighted by atomic mass is 16.5. The second kappa shape index (κ2) is 5.83. The van der Waals surface area contributed by atoms with E-state index in [0.717, 1.165) is 0 Å². The topological polar surface area (TPSA) is 96.4 Å². The van der Waals surface area contributed by atoms with Gasteiger partial charge < -0.3 is 15.4 Å². The summed E-state index contributed by atoms with van der Waals surface area (Å²) >= 11 is 0. The van der Waals surface area contributed by atoms with Crippen LogP contribution in [0.5, 0.6) is 0 Å². The van der Waals surface area contributed by atoms with Gasteiger partial charge in [0.05, 0.1) is 25.1 Å². The molecular formula is C12H19N3O3. The molecule has 1 saturated heterocycles. The lowest BCUT2D eigenvalue weighted by Gasteiger charge is -2.27. The van der Waals surface area contributed by atoms with Gasteiger partial charge in [-0.2, -0.15) is 5.26 Å². The Hall–Kier alpha value is -1.61. The van der Waals surface area contributed by atoms with Crippen molar-refractivity contribution in [1.29, 1.82) is 5.26 Å². The number of nitrogens with two attached hydrogens (primary N) is 1. The van der Waals surface area contributed by atoms with E-state index in [1.165, 1.54) is 12.0 Å². The monoisotopic (exact) mass is 253 g/mol. The minimum atomic E-state index is -0.683. The summed E-state index contributed by atoms with van der Waals surface area (Å²) in [7, 11) is 1.27. The molecule has 1 amide bonds. The molecule has 0 aromatic heterocycles. The van der Waals surface area contributed by atoms with Crippen LogP contribution in [0.15, 0.2) is 0 Å². The van der Waals surface area contributed by atoms with E-state index in [-0.39, 0.29) is 24.3 Å². The first-order chi connectivity index (χ1) is 8.42. The molecule has 1 aliphatic heterocycles. The van der Waals surface area contributed by atoms with Crippen LogP contribution in [-0.4, -0.2) is 42.5 Å². The number of amides is 1. The number of ether oxygens (including phenoxy) is 1. The van der Waals surface area contributed by atoms with Crippen molar-refractivity contribution in [3.05, 3.63) is 0 Å². The van der Waals surface area contributed by atoms with E-state index in [2.05, 4.69) is 10.8 Å². The van der Waals surface area contributed by atoms with E-state index in [1.807, 2.05) is 13.8 Å². The van der Waals surface area contributed by atoms with Crippen LogP contribution in [0.2, 0.25) is 0 Å². The molecule has 1 rings (SSSR count). The Bertz CT molecular complexity index is 375. The number of nitriles is 1. The molecule has 0 radical (unpaired) electrons. The Morgan fingerprint density at radius 2 is 2.11 bits per heavy atom. The molecule has 0 spiro atoms. The van der Waals surface area contributed by atoms with E-state index in [9.17, 15) is 9.59 Å². The Labute approximate surface area is 107 Å². The Balaban J connectivity index is 2.87. The summed E-state index contributed by atoms with van der Waals surface area (Å²) in [5, 5.41) is 8.91. The lowest BCUT2D eigenvalue weighted by atomic mass is 10.0. The standard InChI is InChI=1S/C12H19N3O3/c1-7(2)10(14)11(16)15-6-8(5-13)4-9(15)12(17)18-3/h7-10H,4,6,14H2,1-3H3/t8-,9-,10?/m0/s1. The zero-order valence-electron chi connectivity index (χ0n) is 10.9. The molecule has 6 heteroatoms. The van der Waals surface area contributed by atoms with Gasteiger partial charge in [-0.05, 0) is 12.3 Å². The van der Waals surface area contributed by atoms with Gasteiger partial charge in [-0.25, -0.2) is 4.79 Å². The van der Waals surface area contributed by atoms with E-state index < -0.39 is 18.1 Å². The number of likely N-dealkylation sites (tertiary alicyclic amines) is 1. The molecule has 0 saturated carbocycles. The van der Waals surface area contributed by atoms with Gasteiger partial charge in [0.25, 0.3) is 0 Å². The van der Waals surface area contributed by atoms with E-state index in [4.69, 9.17) is 11.0 Å². The summed E-state index contributed by atoms with van der Waals surface area (Å²) in [4.78, 5) is 25.2. The molecule has 0 aliphatic carbocycles. The summed E-state index contributed by atoms with van der Waals surface area (Å²) in [6.07, 6.45) is 0.319. The maximum absolute atomic E-state index is 12.2. The van der Waals surface area contributed by atoms with Gasteiger partial charge in [0, 0.05) is 6.54 Å². The predicted octanol–water partition coefficient (Wildman–Crippen LogP) is -0.117. The maximum atomic E-state index is 12.2. The fourth-order valence-electron chi connectivity index (χ4n) is 2.01. The zero-order valence-corrected chi connectivity index (χ0v) is 10.9. The average Bonchev–Trinajstić information content (AvgIpc) is 2.79. The number of nitrogens with zero attached hydrogens (tertiary/aromatic N) is 2. The van der Waals surface area contributed by atoms with Crippen LogP contribution < -0.4 is 5.73 Å². The number of hydrogen-bond acceptors (Lipinski definition) is 5. The fraction of sp³-hybridized carbons (Fsp3) is 0.750. The minimum absolute atomic E-state index is 0.0167. The van der Waals surface area contributed by atoms with Gasteiger partial charge in [-0.1, -0.05) is 13.8 Å². The number of rotatable bonds is 3. The highest BCUT2D eigenvalue weighted by Crippen LogP contribution is 2.25. The maximum Gasteiger partial charge on any atom is 0.328 e. The van der Waals surface area contributed by atoms with Gasteiger partial charge in [0.15, 0.2) is 0 Å². The Kier molecular flexibility index (Phi) is 4.68. The van der Waals surface area contributed by atoms with E-state index in [1.54, 1.807) is 0 Å². The summed E-state index contributed by atoms with van der Waals surface area (Å²) in [5.41, 5.74) is 5.80. The van der Waals surface area contributed by atoms with Crippen LogP contribution in [0.25, 0.3) is 0 Å². The molecule has 2 N–H and O–H groups in total. The van der Waals surface area contributed by atoms with Crippen LogP contribution in [0.3, 0.4) is 0 Å². The van der Waals surface area contributed by atoms with Gasteiger partial charge in [-0.15, -0.1) is 0 Å². The van der Waals surface area contributed by atoms with Gasteiger partial charge in [0.2, 0.25) is 5.91 Å². The van der Waals surface area contributed by atoms with Crippen LogP contribution in [0.1, 0.15) is 20.3 Å². The van der Waals surface area contributed by atoms with Crippen molar-refractivity contribution in [1.82, 2.24) is 4.90 Å². The largest absolute Gasteiger partial charge is 0.467 e. The molecule has 6 nitrogen and oxygen atoms in total. The SMILES string of the molecule is COC(=O)[C@@H]1C[C@@H](C#N)CN1C(=O)C(N)C(C)C. The second-order valence-electron chi connectivity index (χ2n) is 4.86. The smallest absolute Gasteiger partial charge is 0.328 e. The molecule has 100 valence electrons. The molecule has 0 aromatic rings. The van der Waals surface area contributed by atoms with E-state index >= 15 is 0 Å². The third-order valence-electron chi connectivity index (χ3n) is 3.24. The number of carbonyl (C=O) groups excluding carboxylic acids is 2. The molecule has 0 bridgehead atoms. The Morgan fingerprint density at radius 3 is 2.56 bits per heavy atom. The summed E-state index contributed by atoms with van der Waals surface area (Å²) in [5.74, 6) is -1.13. The van der Waals surface area contributed by atoms with Crippen LogP contribution in [0, 0.1) is 23.2 Å². The van der Waals surface area contributed by atoms with Gasteiger partial charge in [0.1, 0.15) is 6.04 Å². The Morgan fingerprint density at radius 1 is 1.50 bits per heavy atom. The minimum Gasteiger partial charge on any atom is -0.467 e. The normalized spacial score (nSPS) is 24.8. The van der Waals surface area contributed by atoms with Crippen molar-refractivity contribution >= 4 is 11.9 Å². The molecule has 1 unspecified atom stereocenters. The first-order valence-electron chi connectivity index (χ1n) is 5.95. The summed E-state index contributed by atoms with van der Waals surface area (Å²) in [6.45, 7) is 3.93. The summed E-state index contributed by atoms with van der Waals surface area (Å²) in [6, 6.07) is 0.742. The number of carbonyl (C=O) groups is 2. The van der Waals surface area contributed by atoms with Crippen molar-refractivity contribution in [2.45, 2.75) is 32.4 Å². The quantitative estimate of drug-likeness (QED) is 0.707. The third-order valence-corrected chi connectivity index (χ3v) is 3.24. The first-order valence-corrected chi connectivity index (χ1v) is 5.95. The van der Waals surface area contributed by atoms with Crippen molar-refractivity contribution in [3.63, 3.8) is 0 Å². The van der Waals surface area contributed by atoms with Crippen molar-refractivity contribution in [3.8, 4) is 6.07 Å². The molecule has 0 aromatic carbocycles. The molecule has 1 fully saturated rings. The average molecular weight is 253 g/mol. The third kappa shape index (κ3) is 2.79. The van der Waals surface area contributed by atoms with E-state index in [0.29, 0.717) is 6.42 Å². The fourth-order valence-corrected chi connectivity index (χ4v) is 2.01. The van der Waals surface area contributed by atoms with Crippen LogP contribution in [-0.2, 0) is 14.3 Å². The molecule has 1 heterocycles. The number of methoxy groups -OCH3 is 1. The molecule has 18 heavy (non-hydrogen) atoms. The number of esters is 1. The predicted molar refractivity (Wildman–Crippen MR) is 64.1 cm³/mol. The van der Waals surface area contributed by atoms with Crippen LogP contribution in [0.4, 0.5) is 0 Å². The second-order valence-corrected chi connectivity index (χ2v) is 4.86. The highest BCUT2D eigenvalue weighted by molar-refractivity contribution is 5.88. The van der Waals surface area contributed by atoms with Crippen molar-refractivity contribution in [2.24, 2.45) is 17.6 Å². The lowest BCUT2D eigenvalue weighted by Crippen LogP contribution is -2.50. The van der Waals surface area contributed by atoms with Gasteiger partial charge in [-0.3, -0.25) is 4.79 Å². The van der Waals surface area contributed by atoms with Crippen molar-refractivity contribution < 1.29 is 14.3 Å². The molecular weight excluding hydrogens is 234 g/mol. The van der Waals surface area contributed by atoms with Crippen LogP contribution >= 0.6 is 0 Å². The van der Waals surface area contributed by atoms with Gasteiger partial charge >= 0.3 is 5.97 Å². The molecule has 1 aliphatic rings. The lowest BCUT2D eigenvalue weighted by molar-refractivity contribution is -0.151. The highest BCUT2D eigenvalue weighted by Gasteiger charge is 2.42. The first kappa shape index (κ1) is 14.5. The molecule has 3 atom stereocenters. The zero-order chi connectivity index (χ0) is 13.9.